The Morgan fingerprint density at radius 3 is 2.39 bits per heavy atom. The molecule has 0 atom stereocenters. The van der Waals surface area contributed by atoms with Crippen molar-refractivity contribution in [1.29, 1.82) is 16.1 Å². The molecule has 0 spiro atoms. The quantitative estimate of drug-likeness (QED) is 0.543. The Balaban J connectivity index is 1.71. The zero-order valence-electron chi connectivity index (χ0n) is 15.3. The van der Waals surface area contributed by atoms with Crippen LogP contribution in [0.25, 0.3) is 11.3 Å². The number of rotatable bonds is 4. The molecule has 7 nitrogen and oxygen atoms in total. The summed E-state index contributed by atoms with van der Waals surface area (Å²) in [5.74, 6) is 1.01. The van der Waals surface area contributed by atoms with Crippen molar-refractivity contribution in [2.45, 2.75) is 18.3 Å². The van der Waals surface area contributed by atoms with Crippen molar-refractivity contribution in [3.05, 3.63) is 71.5 Å². The Hall–Kier alpha value is -3.79. The standard InChI is InChI=1S/C21H18N6O/c1-28-17-8-6-16(7-9-17)21(10-11-21)19(23)27-20(24)25-13-18(26-27)15-4-2-14(12-22)3-5-15/h2-9,13,23-24H,10-11H2,1H3. The van der Waals surface area contributed by atoms with Crippen molar-refractivity contribution < 1.29 is 4.74 Å². The minimum Gasteiger partial charge on any atom is -0.497 e. The van der Waals surface area contributed by atoms with Crippen LogP contribution in [0.5, 0.6) is 5.75 Å². The zero-order valence-corrected chi connectivity index (χ0v) is 15.3. The van der Waals surface area contributed by atoms with Crippen LogP contribution in [0.2, 0.25) is 0 Å². The molecule has 1 aliphatic rings. The minimum absolute atomic E-state index is 0.0813. The molecule has 28 heavy (non-hydrogen) atoms. The molecule has 1 heterocycles. The van der Waals surface area contributed by atoms with E-state index in [0.717, 1.165) is 29.7 Å². The van der Waals surface area contributed by atoms with Gasteiger partial charge in [-0.25, -0.2) is 4.98 Å². The average Bonchev–Trinajstić information content (AvgIpc) is 3.56. The summed E-state index contributed by atoms with van der Waals surface area (Å²) in [6.45, 7) is 0. The van der Waals surface area contributed by atoms with Crippen molar-refractivity contribution in [1.82, 2.24) is 14.8 Å². The molecule has 0 amide bonds. The van der Waals surface area contributed by atoms with E-state index < -0.39 is 5.41 Å². The highest BCUT2D eigenvalue weighted by molar-refractivity contribution is 5.94. The lowest BCUT2D eigenvalue weighted by atomic mass is 9.94. The molecule has 138 valence electrons. The number of benzene rings is 2. The first kappa shape index (κ1) is 17.6. The Bertz CT molecular complexity index is 1140. The number of aromatic nitrogens is 3. The van der Waals surface area contributed by atoms with Crippen LogP contribution < -0.4 is 10.4 Å². The number of hydrogen-bond acceptors (Lipinski definition) is 6. The first-order chi connectivity index (χ1) is 13.6. The fourth-order valence-electron chi connectivity index (χ4n) is 3.26. The van der Waals surface area contributed by atoms with Crippen LogP contribution in [0.15, 0.2) is 54.7 Å². The van der Waals surface area contributed by atoms with Gasteiger partial charge in [-0.05, 0) is 42.7 Å². The Morgan fingerprint density at radius 2 is 1.82 bits per heavy atom. The van der Waals surface area contributed by atoms with Gasteiger partial charge in [0.2, 0.25) is 5.62 Å². The van der Waals surface area contributed by atoms with Gasteiger partial charge in [0.25, 0.3) is 0 Å². The third-order valence-electron chi connectivity index (χ3n) is 5.08. The SMILES string of the molecule is COc1ccc(C2(C(=N)n3nc(-c4ccc(C#N)cc4)cnc3=N)CC2)cc1. The predicted octanol–water partition coefficient (Wildman–Crippen LogP) is 2.86. The van der Waals surface area contributed by atoms with Crippen molar-refractivity contribution in [2.75, 3.05) is 7.11 Å². The van der Waals surface area contributed by atoms with Crippen LogP contribution in [0.1, 0.15) is 24.0 Å². The van der Waals surface area contributed by atoms with E-state index >= 15 is 0 Å². The molecule has 0 radical (unpaired) electrons. The molecule has 0 unspecified atom stereocenters. The van der Waals surface area contributed by atoms with E-state index in [9.17, 15) is 0 Å². The summed E-state index contributed by atoms with van der Waals surface area (Å²) in [6.07, 6.45) is 3.17. The van der Waals surface area contributed by atoms with E-state index in [1.54, 1.807) is 31.4 Å². The summed E-state index contributed by atoms with van der Waals surface area (Å²) < 4.78 is 6.51. The molecule has 2 N–H and O–H groups in total. The van der Waals surface area contributed by atoms with Gasteiger partial charge in [-0.3, -0.25) is 10.8 Å². The highest BCUT2D eigenvalue weighted by Gasteiger charge is 2.50. The topological polar surface area (TPSA) is 111 Å². The molecule has 4 rings (SSSR count). The summed E-state index contributed by atoms with van der Waals surface area (Å²) in [6, 6.07) is 16.8. The molecule has 0 bridgehead atoms. The maximum atomic E-state index is 8.95. The number of ether oxygens (including phenoxy) is 1. The molecule has 7 heteroatoms. The number of nitrogens with zero attached hydrogens (tertiary/aromatic N) is 4. The first-order valence-corrected chi connectivity index (χ1v) is 8.83. The van der Waals surface area contributed by atoms with Crippen molar-refractivity contribution in [3.63, 3.8) is 0 Å². The van der Waals surface area contributed by atoms with E-state index in [4.69, 9.17) is 20.8 Å². The molecule has 0 aliphatic heterocycles. The van der Waals surface area contributed by atoms with Gasteiger partial charge in [-0.2, -0.15) is 15.0 Å². The molecular weight excluding hydrogens is 352 g/mol. The molecule has 0 saturated heterocycles. The van der Waals surface area contributed by atoms with Crippen LogP contribution in [0, 0.1) is 22.1 Å². The second-order valence-corrected chi connectivity index (χ2v) is 6.73. The van der Waals surface area contributed by atoms with Gasteiger partial charge in [0.1, 0.15) is 17.3 Å². The number of hydrogen-bond donors (Lipinski definition) is 2. The van der Waals surface area contributed by atoms with Crippen LogP contribution in [0.3, 0.4) is 0 Å². The second-order valence-electron chi connectivity index (χ2n) is 6.73. The second kappa shape index (κ2) is 6.74. The third kappa shape index (κ3) is 2.95. The van der Waals surface area contributed by atoms with E-state index in [1.807, 2.05) is 24.3 Å². The minimum atomic E-state index is -0.454. The molecule has 3 aromatic rings. The van der Waals surface area contributed by atoms with Gasteiger partial charge in [0.05, 0.1) is 30.4 Å². The summed E-state index contributed by atoms with van der Waals surface area (Å²) in [4.78, 5) is 4.12. The molecule has 1 aliphatic carbocycles. The van der Waals surface area contributed by atoms with E-state index in [0.29, 0.717) is 11.3 Å². The zero-order chi connectivity index (χ0) is 19.7. The maximum Gasteiger partial charge on any atom is 0.244 e. The lowest BCUT2D eigenvalue weighted by molar-refractivity contribution is 0.414. The van der Waals surface area contributed by atoms with Crippen LogP contribution in [-0.4, -0.2) is 27.7 Å². The van der Waals surface area contributed by atoms with Gasteiger partial charge < -0.3 is 4.74 Å². The average molecular weight is 370 g/mol. The molecule has 1 aromatic heterocycles. The molecule has 2 aromatic carbocycles. The van der Waals surface area contributed by atoms with Crippen molar-refractivity contribution >= 4 is 5.84 Å². The predicted molar refractivity (Wildman–Crippen MR) is 103 cm³/mol. The summed E-state index contributed by atoms with van der Waals surface area (Å²) >= 11 is 0. The van der Waals surface area contributed by atoms with Crippen LogP contribution in [-0.2, 0) is 5.41 Å². The Labute approximate surface area is 161 Å². The van der Waals surface area contributed by atoms with Gasteiger partial charge in [-0.15, -0.1) is 0 Å². The third-order valence-corrected chi connectivity index (χ3v) is 5.08. The molecule has 1 fully saturated rings. The Morgan fingerprint density at radius 1 is 1.14 bits per heavy atom. The summed E-state index contributed by atoms with van der Waals surface area (Å²) in [7, 11) is 1.62. The summed E-state index contributed by atoms with van der Waals surface area (Å²) in [5, 5.41) is 30.4. The summed E-state index contributed by atoms with van der Waals surface area (Å²) in [5.41, 5.74) is 2.37. The fraction of sp³-hybridized carbons (Fsp3) is 0.190. The normalized spacial score (nSPS) is 14.1. The number of methoxy groups -OCH3 is 1. The maximum absolute atomic E-state index is 8.95. The van der Waals surface area contributed by atoms with Crippen LogP contribution >= 0.6 is 0 Å². The van der Waals surface area contributed by atoms with Gasteiger partial charge in [-0.1, -0.05) is 24.3 Å². The lowest BCUT2D eigenvalue weighted by Crippen LogP contribution is -2.38. The van der Waals surface area contributed by atoms with Gasteiger partial charge >= 0.3 is 0 Å². The first-order valence-electron chi connectivity index (χ1n) is 8.83. The number of nitrogens with one attached hydrogen (secondary N) is 2. The molecule has 1 saturated carbocycles. The monoisotopic (exact) mass is 370 g/mol. The number of nitriles is 1. The smallest absolute Gasteiger partial charge is 0.244 e. The fourth-order valence-corrected chi connectivity index (χ4v) is 3.26. The van der Waals surface area contributed by atoms with Crippen LogP contribution in [0.4, 0.5) is 0 Å². The largest absolute Gasteiger partial charge is 0.497 e. The Kier molecular flexibility index (Phi) is 4.24. The van der Waals surface area contributed by atoms with E-state index in [-0.39, 0.29) is 11.5 Å². The van der Waals surface area contributed by atoms with E-state index in [2.05, 4.69) is 16.2 Å². The lowest BCUT2D eigenvalue weighted by Gasteiger charge is -2.19. The van der Waals surface area contributed by atoms with Gasteiger partial charge in [0, 0.05) is 5.56 Å². The van der Waals surface area contributed by atoms with Crippen molar-refractivity contribution in [2.24, 2.45) is 0 Å². The van der Waals surface area contributed by atoms with E-state index in [1.165, 1.54) is 10.9 Å². The highest BCUT2D eigenvalue weighted by atomic mass is 16.5. The van der Waals surface area contributed by atoms with Gasteiger partial charge in [0.15, 0.2) is 0 Å². The highest BCUT2D eigenvalue weighted by Crippen LogP contribution is 2.49. The van der Waals surface area contributed by atoms with Crippen molar-refractivity contribution in [3.8, 4) is 23.1 Å². The molecular formula is C21H18N6O.